The Hall–Kier alpha value is -3.62. The van der Waals surface area contributed by atoms with Crippen LogP contribution in [0.1, 0.15) is 37.4 Å². The molecule has 0 bridgehead atoms. The molecule has 2 aliphatic heterocycles. The molecular weight excluding hydrogens is 408 g/mol. The summed E-state index contributed by atoms with van der Waals surface area (Å²) in [5.74, 6) is 2.06. The van der Waals surface area contributed by atoms with Gasteiger partial charge >= 0.3 is 0 Å². The monoisotopic (exact) mass is 436 g/mol. The van der Waals surface area contributed by atoms with Crippen LogP contribution in [0.2, 0.25) is 0 Å². The maximum atomic E-state index is 11.7. The highest BCUT2D eigenvalue weighted by molar-refractivity contribution is 6.13. The average molecular weight is 437 g/mol. The summed E-state index contributed by atoms with van der Waals surface area (Å²) in [6.45, 7) is 4.17. The largest absolute Gasteiger partial charge is 0.501 e. The van der Waals surface area contributed by atoms with E-state index in [2.05, 4.69) is 20.2 Å². The predicted octanol–water partition coefficient (Wildman–Crippen LogP) is 2.47. The van der Waals surface area contributed by atoms with E-state index in [1.54, 1.807) is 32.2 Å². The van der Waals surface area contributed by atoms with Gasteiger partial charge in [-0.3, -0.25) is 10.2 Å². The normalized spacial score (nSPS) is 17.9. The Morgan fingerprint density at radius 3 is 2.75 bits per heavy atom. The first-order valence-corrected chi connectivity index (χ1v) is 10.6. The lowest BCUT2D eigenvalue weighted by Gasteiger charge is -2.38. The third-order valence-electron chi connectivity index (χ3n) is 6.11. The molecule has 2 aromatic rings. The van der Waals surface area contributed by atoms with Crippen LogP contribution >= 0.6 is 0 Å². The molecule has 9 nitrogen and oxygen atoms in total. The summed E-state index contributed by atoms with van der Waals surface area (Å²) in [4.78, 5) is 22.6. The minimum absolute atomic E-state index is 0.0699. The highest BCUT2D eigenvalue weighted by atomic mass is 16.5. The number of benzene rings is 1. The van der Waals surface area contributed by atoms with E-state index in [9.17, 15) is 4.79 Å². The number of rotatable bonds is 6. The molecule has 3 heterocycles. The van der Waals surface area contributed by atoms with Gasteiger partial charge in [0.25, 0.3) is 0 Å². The highest BCUT2D eigenvalue weighted by Gasteiger charge is 2.41. The first-order valence-electron chi connectivity index (χ1n) is 10.6. The molecule has 1 aromatic carbocycles. The SMILES string of the molecule is CO/C=C(\C)Oc1ccc(N)c(C(=N)c2cc(N3CCC4(CC3)CNC(=O)C4)ncn2)c1. The van der Waals surface area contributed by atoms with Crippen LogP contribution in [0.15, 0.2) is 42.6 Å². The number of nitrogens with one attached hydrogen (secondary N) is 2. The van der Waals surface area contributed by atoms with Crippen molar-refractivity contribution in [3.63, 3.8) is 0 Å². The molecule has 0 atom stereocenters. The third kappa shape index (κ3) is 4.51. The van der Waals surface area contributed by atoms with E-state index < -0.39 is 0 Å². The van der Waals surface area contributed by atoms with E-state index in [0.29, 0.717) is 34.9 Å². The molecule has 4 N–H and O–H groups in total. The van der Waals surface area contributed by atoms with Gasteiger partial charge in [0.05, 0.1) is 18.5 Å². The Morgan fingerprint density at radius 2 is 2.06 bits per heavy atom. The van der Waals surface area contributed by atoms with E-state index >= 15 is 0 Å². The van der Waals surface area contributed by atoms with Crippen LogP contribution in [0.5, 0.6) is 5.75 Å². The summed E-state index contributed by atoms with van der Waals surface area (Å²) >= 11 is 0. The molecule has 168 valence electrons. The molecule has 2 aliphatic rings. The first kappa shape index (κ1) is 21.6. The van der Waals surface area contributed by atoms with Gasteiger partial charge in [-0.05, 0) is 43.4 Å². The van der Waals surface area contributed by atoms with E-state index in [1.165, 1.54) is 12.6 Å². The smallest absolute Gasteiger partial charge is 0.220 e. The van der Waals surface area contributed by atoms with Gasteiger partial charge in [0.2, 0.25) is 5.91 Å². The van der Waals surface area contributed by atoms with Crippen LogP contribution in [0, 0.1) is 10.8 Å². The number of nitrogen functional groups attached to an aromatic ring is 1. The zero-order valence-corrected chi connectivity index (χ0v) is 18.4. The number of piperidine rings is 1. The molecule has 0 radical (unpaired) electrons. The average Bonchev–Trinajstić information content (AvgIpc) is 3.15. The number of anilines is 2. The molecule has 32 heavy (non-hydrogen) atoms. The summed E-state index contributed by atoms with van der Waals surface area (Å²) in [6.07, 6.45) is 5.45. The molecule has 0 unspecified atom stereocenters. The Balaban J connectivity index is 1.50. The topological polar surface area (TPSA) is 126 Å². The second-order valence-corrected chi connectivity index (χ2v) is 8.39. The number of aromatic nitrogens is 2. The number of nitrogens with two attached hydrogens (primary N) is 1. The minimum atomic E-state index is 0.0699. The van der Waals surface area contributed by atoms with Crippen LogP contribution in [0.3, 0.4) is 0 Å². The lowest BCUT2D eigenvalue weighted by Crippen LogP contribution is -2.41. The van der Waals surface area contributed by atoms with Gasteiger partial charge in [0.1, 0.15) is 29.9 Å². The van der Waals surface area contributed by atoms with E-state index in [1.807, 2.05) is 6.07 Å². The van der Waals surface area contributed by atoms with Crippen molar-refractivity contribution in [2.45, 2.75) is 26.2 Å². The summed E-state index contributed by atoms with van der Waals surface area (Å²) in [6, 6.07) is 7.00. The number of hydrogen-bond acceptors (Lipinski definition) is 8. The highest BCUT2D eigenvalue weighted by Crippen LogP contribution is 2.38. The van der Waals surface area contributed by atoms with Crippen molar-refractivity contribution in [2.24, 2.45) is 5.41 Å². The second kappa shape index (κ2) is 8.86. The van der Waals surface area contributed by atoms with Crippen LogP contribution < -0.4 is 20.7 Å². The van der Waals surface area contributed by atoms with E-state index in [0.717, 1.165) is 38.3 Å². The molecule has 0 aliphatic carbocycles. The van der Waals surface area contributed by atoms with Gasteiger partial charge in [0.15, 0.2) is 0 Å². The maximum absolute atomic E-state index is 11.7. The van der Waals surface area contributed by atoms with Gasteiger partial charge in [-0.15, -0.1) is 0 Å². The molecular formula is C23H28N6O3. The van der Waals surface area contributed by atoms with Gasteiger partial charge in [-0.2, -0.15) is 0 Å². The summed E-state index contributed by atoms with van der Waals surface area (Å²) in [5.41, 5.74) is 7.91. The summed E-state index contributed by atoms with van der Waals surface area (Å²) in [5, 5.41) is 11.7. The number of allylic oxidation sites excluding steroid dienone is 1. The minimum Gasteiger partial charge on any atom is -0.501 e. The van der Waals surface area contributed by atoms with Crippen molar-refractivity contribution < 1.29 is 14.3 Å². The summed E-state index contributed by atoms with van der Waals surface area (Å²) < 4.78 is 10.7. The molecule has 1 amide bonds. The van der Waals surface area contributed by atoms with E-state index in [4.69, 9.17) is 20.6 Å². The number of amides is 1. The Labute approximate surface area is 187 Å². The molecule has 1 spiro atoms. The number of nitrogens with zero attached hydrogens (tertiary/aromatic N) is 3. The van der Waals surface area contributed by atoms with Crippen molar-refractivity contribution in [1.29, 1.82) is 5.41 Å². The molecule has 4 rings (SSSR count). The molecule has 2 saturated heterocycles. The lowest BCUT2D eigenvalue weighted by molar-refractivity contribution is -0.119. The van der Waals surface area contributed by atoms with Crippen molar-refractivity contribution in [3.05, 3.63) is 53.9 Å². The summed E-state index contributed by atoms with van der Waals surface area (Å²) in [7, 11) is 1.55. The molecule has 0 saturated carbocycles. The quantitative estimate of drug-likeness (QED) is 0.361. The zero-order chi connectivity index (χ0) is 22.7. The predicted molar refractivity (Wildman–Crippen MR) is 122 cm³/mol. The van der Waals surface area contributed by atoms with Gasteiger partial charge < -0.3 is 25.4 Å². The number of ether oxygens (including phenoxy) is 2. The number of carbonyl (C=O) groups excluding carboxylic acids is 1. The van der Waals surface area contributed by atoms with Crippen LogP contribution in [-0.4, -0.2) is 48.3 Å². The van der Waals surface area contributed by atoms with Gasteiger partial charge in [-0.25, -0.2) is 9.97 Å². The van der Waals surface area contributed by atoms with Gasteiger partial charge in [0, 0.05) is 43.4 Å². The molecule has 1 aromatic heterocycles. The second-order valence-electron chi connectivity index (χ2n) is 8.39. The fraction of sp³-hybridized carbons (Fsp3) is 0.391. The van der Waals surface area contributed by atoms with Crippen LogP contribution in [0.25, 0.3) is 0 Å². The third-order valence-corrected chi connectivity index (χ3v) is 6.11. The van der Waals surface area contributed by atoms with Crippen molar-refractivity contribution in [2.75, 3.05) is 37.4 Å². The Bertz CT molecular complexity index is 1060. The van der Waals surface area contributed by atoms with Crippen molar-refractivity contribution in [3.8, 4) is 5.75 Å². The van der Waals surface area contributed by atoms with Crippen molar-refractivity contribution >= 4 is 23.1 Å². The Kier molecular flexibility index (Phi) is 5.98. The molecule has 9 heteroatoms. The number of methoxy groups -OCH3 is 1. The lowest BCUT2D eigenvalue weighted by atomic mass is 9.77. The number of hydrogen-bond donors (Lipinski definition) is 3. The van der Waals surface area contributed by atoms with Crippen LogP contribution in [-0.2, 0) is 9.53 Å². The van der Waals surface area contributed by atoms with Gasteiger partial charge in [-0.1, -0.05) is 0 Å². The maximum Gasteiger partial charge on any atom is 0.220 e. The Morgan fingerprint density at radius 1 is 1.28 bits per heavy atom. The van der Waals surface area contributed by atoms with E-state index in [-0.39, 0.29) is 17.0 Å². The standard InChI is InChI=1S/C23H28N6O3/c1-15(12-31-2)32-16-3-4-18(24)17(9-16)22(25)19-10-20(28-14-27-19)29-7-5-23(6-8-29)11-21(30)26-13-23/h3-4,9-10,12,14,25H,5-8,11,13,24H2,1-2H3,(H,26,30)/b15-12+,25-22?. The molecule has 2 fully saturated rings. The first-order chi connectivity index (χ1) is 15.4. The van der Waals surface area contributed by atoms with Crippen LogP contribution in [0.4, 0.5) is 11.5 Å². The van der Waals surface area contributed by atoms with Crippen molar-refractivity contribution in [1.82, 2.24) is 15.3 Å². The zero-order valence-electron chi connectivity index (χ0n) is 18.4. The fourth-order valence-electron chi connectivity index (χ4n) is 4.30. The fourth-order valence-corrected chi connectivity index (χ4v) is 4.30. The number of carbonyl (C=O) groups is 1.